The van der Waals surface area contributed by atoms with Gasteiger partial charge in [0.1, 0.15) is 0 Å². The molecule has 7 heteroatoms. The van der Waals surface area contributed by atoms with Crippen LogP contribution in [0.25, 0.3) is 0 Å². The summed E-state index contributed by atoms with van der Waals surface area (Å²) >= 11 is 3.39. The lowest BCUT2D eigenvalue weighted by Gasteiger charge is -1.99. The predicted octanol–water partition coefficient (Wildman–Crippen LogP) is -2.02. The molecule has 0 aromatic heterocycles. The molecule has 0 aliphatic rings. The fraction of sp³-hybridized carbons (Fsp3) is 0.111. The monoisotopic (exact) mass is 304 g/mol. The number of hydrogen-bond donors (Lipinski definition) is 3. The topological polar surface area (TPSA) is 103 Å². The van der Waals surface area contributed by atoms with E-state index >= 15 is 0 Å². The fourth-order valence-corrected chi connectivity index (χ4v) is 1.23. The highest BCUT2D eigenvalue weighted by Gasteiger charge is 1.97. The van der Waals surface area contributed by atoms with E-state index in [-0.39, 0.29) is 24.3 Å². The average Bonchev–Trinajstić information content (AvgIpc) is 2.10. The van der Waals surface area contributed by atoms with Gasteiger partial charge in [0.25, 0.3) is 0 Å². The minimum Gasteiger partial charge on any atom is -1.00 e. The molecule has 0 aliphatic heterocycles. The maximum absolute atomic E-state index is 5.49. The number of rotatable bonds is 1. The first-order valence-corrected chi connectivity index (χ1v) is 4.98. The summed E-state index contributed by atoms with van der Waals surface area (Å²) in [5.41, 5.74) is 17.6. The lowest BCUT2D eigenvalue weighted by molar-refractivity contribution is -0.00000363. The van der Waals surface area contributed by atoms with Crippen LogP contribution in [0, 0.1) is 6.92 Å². The van der Waals surface area contributed by atoms with Gasteiger partial charge in [0.15, 0.2) is 5.96 Å². The van der Waals surface area contributed by atoms with Crippen molar-refractivity contribution in [2.45, 2.75) is 6.92 Å². The zero-order valence-corrected chi connectivity index (χ0v) is 11.0. The van der Waals surface area contributed by atoms with Crippen LogP contribution >= 0.6 is 15.9 Å². The van der Waals surface area contributed by atoms with E-state index in [1.165, 1.54) is 0 Å². The van der Waals surface area contributed by atoms with Gasteiger partial charge in [-0.3, -0.25) is 0 Å². The van der Waals surface area contributed by atoms with Gasteiger partial charge >= 0.3 is 0 Å². The van der Waals surface area contributed by atoms with Crippen molar-refractivity contribution in [3.05, 3.63) is 28.2 Å². The van der Waals surface area contributed by atoms with Crippen LogP contribution in [0.5, 0.6) is 0 Å². The number of halogens is 2. The molecule has 0 unspecified atom stereocenters. The van der Waals surface area contributed by atoms with E-state index in [0.29, 0.717) is 5.69 Å². The van der Waals surface area contributed by atoms with Crippen LogP contribution in [-0.4, -0.2) is 11.9 Å². The third-order valence-electron chi connectivity index (χ3n) is 1.63. The van der Waals surface area contributed by atoms with Crippen LogP contribution in [0.4, 0.5) is 5.69 Å². The molecule has 0 fully saturated rings. The van der Waals surface area contributed by atoms with Crippen molar-refractivity contribution in [1.29, 1.82) is 0 Å². The van der Waals surface area contributed by atoms with Gasteiger partial charge in [0.2, 0.25) is 5.96 Å². The molecule has 0 atom stereocenters. The van der Waals surface area contributed by atoms with Gasteiger partial charge < -0.3 is 29.6 Å². The summed E-state index contributed by atoms with van der Waals surface area (Å²) in [6.45, 7) is 1.96. The van der Waals surface area contributed by atoms with Gasteiger partial charge in [0, 0.05) is 4.47 Å². The Morgan fingerprint density at radius 2 is 1.88 bits per heavy atom. The standard InChI is InChI=1S/C9H12BrN5.ClH/c1-5-4-6(2-3-7(5)10)14-9(13)15-8(11)12;/h2-4H,1H3,(H6,11,12,13,14,15);1H/p-1. The lowest BCUT2D eigenvalue weighted by Crippen LogP contribution is -3.00. The number of hydrogen-bond acceptors (Lipinski definition) is 1. The molecule has 0 amide bonds. The van der Waals surface area contributed by atoms with Crippen molar-refractivity contribution in [2.24, 2.45) is 27.2 Å². The SMILES string of the molecule is Cc1cc(N=C(N)N=C(N)N)ccc1Br.[Cl-]. The number of aliphatic imine (C=N–C) groups is 2. The molecular formula is C9H12BrClN5-. The van der Waals surface area contributed by atoms with Crippen molar-refractivity contribution >= 4 is 33.5 Å². The number of nitrogens with zero attached hydrogens (tertiary/aromatic N) is 2. The van der Waals surface area contributed by atoms with E-state index in [4.69, 9.17) is 17.2 Å². The molecule has 0 spiro atoms. The van der Waals surface area contributed by atoms with E-state index in [1.807, 2.05) is 25.1 Å². The average molecular weight is 306 g/mol. The minimum atomic E-state index is -0.106. The van der Waals surface area contributed by atoms with Gasteiger partial charge in [-0.05, 0) is 30.7 Å². The highest BCUT2D eigenvalue weighted by molar-refractivity contribution is 9.10. The predicted molar refractivity (Wildman–Crippen MR) is 66.0 cm³/mol. The quantitative estimate of drug-likeness (QED) is 0.412. The van der Waals surface area contributed by atoms with Crippen molar-refractivity contribution in [2.75, 3.05) is 0 Å². The molecule has 88 valence electrons. The number of nitrogens with two attached hydrogens (primary N) is 3. The minimum absolute atomic E-state index is 0. The zero-order valence-electron chi connectivity index (χ0n) is 8.61. The first-order valence-electron chi connectivity index (χ1n) is 4.19. The molecule has 1 rings (SSSR count). The van der Waals surface area contributed by atoms with Gasteiger partial charge in [-0.2, -0.15) is 4.99 Å². The molecule has 0 saturated carbocycles. The zero-order chi connectivity index (χ0) is 11.4. The Balaban J connectivity index is 0.00000225. The number of guanidine groups is 2. The first-order chi connectivity index (χ1) is 6.99. The Bertz CT molecular complexity index is 426. The Kier molecular flexibility index (Phi) is 5.84. The third kappa shape index (κ3) is 4.50. The molecule has 1 aromatic rings. The van der Waals surface area contributed by atoms with Crippen molar-refractivity contribution in [3.63, 3.8) is 0 Å². The van der Waals surface area contributed by atoms with E-state index in [2.05, 4.69) is 25.9 Å². The van der Waals surface area contributed by atoms with Crippen molar-refractivity contribution < 1.29 is 12.4 Å². The lowest BCUT2D eigenvalue weighted by atomic mass is 10.2. The second-order valence-electron chi connectivity index (χ2n) is 2.94. The highest BCUT2D eigenvalue weighted by atomic mass is 79.9. The van der Waals surface area contributed by atoms with E-state index < -0.39 is 0 Å². The van der Waals surface area contributed by atoms with E-state index in [9.17, 15) is 0 Å². The summed E-state index contributed by atoms with van der Waals surface area (Å²) in [6.07, 6.45) is 0. The highest BCUT2D eigenvalue weighted by Crippen LogP contribution is 2.21. The second-order valence-corrected chi connectivity index (χ2v) is 3.79. The van der Waals surface area contributed by atoms with Crippen LogP contribution in [0.3, 0.4) is 0 Å². The molecule has 0 aliphatic carbocycles. The molecule has 1 aromatic carbocycles. The molecule has 0 saturated heterocycles. The molecule has 6 N–H and O–H groups in total. The summed E-state index contributed by atoms with van der Waals surface area (Å²) in [7, 11) is 0. The van der Waals surface area contributed by atoms with Gasteiger partial charge in [0.05, 0.1) is 5.69 Å². The van der Waals surface area contributed by atoms with Crippen LogP contribution < -0.4 is 29.6 Å². The van der Waals surface area contributed by atoms with Crippen molar-refractivity contribution in [1.82, 2.24) is 0 Å². The molecule has 0 heterocycles. The maximum atomic E-state index is 5.49. The van der Waals surface area contributed by atoms with Crippen molar-refractivity contribution in [3.8, 4) is 0 Å². The summed E-state index contributed by atoms with van der Waals surface area (Å²) < 4.78 is 1.02. The summed E-state index contributed by atoms with van der Waals surface area (Å²) in [5, 5.41) is 0. The first kappa shape index (κ1) is 14.7. The Hall–Kier alpha value is -1.27. The smallest absolute Gasteiger partial charge is 0.223 e. The van der Waals surface area contributed by atoms with E-state index in [1.54, 1.807) is 0 Å². The molecule has 16 heavy (non-hydrogen) atoms. The third-order valence-corrected chi connectivity index (χ3v) is 2.52. The molecular weight excluding hydrogens is 293 g/mol. The largest absolute Gasteiger partial charge is 1.00 e. The number of aryl methyl sites for hydroxylation is 1. The van der Waals surface area contributed by atoms with Crippen LogP contribution in [0.2, 0.25) is 0 Å². The summed E-state index contributed by atoms with van der Waals surface area (Å²) in [6, 6.07) is 5.57. The van der Waals surface area contributed by atoms with E-state index in [0.717, 1.165) is 10.0 Å². The normalized spacial score (nSPS) is 10.5. The fourth-order valence-electron chi connectivity index (χ4n) is 0.988. The molecule has 5 nitrogen and oxygen atoms in total. The summed E-state index contributed by atoms with van der Waals surface area (Å²) in [4.78, 5) is 7.64. The van der Waals surface area contributed by atoms with Crippen LogP contribution in [0.1, 0.15) is 5.56 Å². The summed E-state index contributed by atoms with van der Waals surface area (Å²) in [5.74, 6) is -0.0678. The molecule has 0 radical (unpaired) electrons. The molecule has 0 bridgehead atoms. The Morgan fingerprint density at radius 1 is 1.25 bits per heavy atom. The Labute approximate surface area is 108 Å². The van der Waals surface area contributed by atoms with Gasteiger partial charge in [-0.25, -0.2) is 4.99 Å². The van der Waals surface area contributed by atoms with Gasteiger partial charge in [-0.15, -0.1) is 0 Å². The second kappa shape index (κ2) is 6.34. The van der Waals surface area contributed by atoms with Gasteiger partial charge in [-0.1, -0.05) is 15.9 Å². The number of benzene rings is 1. The van der Waals surface area contributed by atoms with Crippen LogP contribution in [-0.2, 0) is 0 Å². The Morgan fingerprint density at radius 3 is 2.38 bits per heavy atom. The van der Waals surface area contributed by atoms with Crippen LogP contribution in [0.15, 0.2) is 32.7 Å². The maximum Gasteiger partial charge on any atom is 0.223 e.